The normalized spacial score (nSPS) is 19.3. The van der Waals surface area contributed by atoms with E-state index in [4.69, 9.17) is 14.5 Å². The van der Waals surface area contributed by atoms with Crippen molar-refractivity contribution in [2.45, 2.75) is 50.8 Å². The highest BCUT2D eigenvalue weighted by atomic mass is 32.2. The van der Waals surface area contributed by atoms with Crippen molar-refractivity contribution in [3.8, 4) is 5.75 Å². The lowest BCUT2D eigenvalue weighted by Gasteiger charge is -2.37. The Kier molecular flexibility index (Phi) is 8.34. The Morgan fingerprint density at radius 3 is 2.71 bits per heavy atom. The van der Waals surface area contributed by atoms with Crippen LogP contribution in [0.15, 0.2) is 29.3 Å². The van der Waals surface area contributed by atoms with Crippen molar-refractivity contribution in [2.75, 3.05) is 38.7 Å². The van der Waals surface area contributed by atoms with Gasteiger partial charge in [-0.15, -0.1) is 0 Å². The monoisotopic (exact) mass is 405 g/mol. The molecule has 1 aromatic rings. The number of guanidine groups is 1. The molecule has 1 heterocycles. The van der Waals surface area contributed by atoms with E-state index in [0.717, 1.165) is 74.7 Å². The number of benzene rings is 1. The first-order chi connectivity index (χ1) is 13.7. The molecule has 3 rings (SSSR count). The zero-order valence-corrected chi connectivity index (χ0v) is 18.2. The Balaban J connectivity index is 1.60. The average molecular weight is 406 g/mol. The Hall–Kier alpha value is -1.40. The lowest BCUT2D eigenvalue weighted by Crippen LogP contribution is -2.48. The number of nitrogens with one attached hydrogen (secondary N) is 2. The maximum atomic E-state index is 6.03. The summed E-state index contributed by atoms with van der Waals surface area (Å²) in [6.07, 6.45) is 4.79. The van der Waals surface area contributed by atoms with Crippen LogP contribution < -0.4 is 15.4 Å². The summed E-state index contributed by atoms with van der Waals surface area (Å²) in [5.74, 6) is 3.72. The predicted molar refractivity (Wildman–Crippen MR) is 118 cm³/mol. The minimum Gasteiger partial charge on any atom is -0.493 e. The molecule has 1 aliphatic heterocycles. The Morgan fingerprint density at radius 1 is 1.21 bits per heavy atom. The zero-order chi connectivity index (χ0) is 19.7. The summed E-state index contributed by atoms with van der Waals surface area (Å²) in [6, 6.07) is 8.27. The molecule has 0 amide bonds. The molecule has 5 nitrogen and oxygen atoms in total. The molecule has 156 valence electrons. The molecule has 0 radical (unpaired) electrons. The fourth-order valence-corrected chi connectivity index (χ4v) is 4.68. The molecule has 1 aliphatic carbocycles. The summed E-state index contributed by atoms with van der Waals surface area (Å²) in [5, 5.41) is 6.98. The lowest BCUT2D eigenvalue weighted by molar-refractivity contribution is 0.0782. The summed E-state index contributed by atoms with van der Waals surface area (Å²) >= 11 is 2.05. The largest absolute Gasteiger partial charge is 0.493 e. The molecule has 6 heteroatoms. The maximum absolute atomic E-state index is 6.03. The molecule has 1 saturated heterocycles. The van der Waals surface area contributed by atoms with Crippen LogP contribution in [0.25, 0.3) is 0 Å². The maximum Gasteiger partial charge on any atom is 0.191 e. The first kappa shape index (κ1) is 21.3. The smallest absolute Gasteiger partial charge is 0.191 e. The van der Waals surface area contributed by atoms with E-state index in [1.807, 2.05) is 17.8 Å². The van der Waals surface area contributed by atoms with Gasteiger partial charge in [-0.1, -0.05) is 25.1 Å². The molecule has 0 aromatic heterocycles. The minimum atomic E-state index is 0.245. The number of rotatable bonds is 10. The average Bonchev–Trinajstić information content (AvgIpc) is 3.55. The number of ether oxygens (including phenoxy) is 2. The van der Waals surface area contributed by atoms with Gasteiger partial charge in [0.1, 0.15) is 5.75 Å². The second-order valence-corrected chi connectivity index (χ2v) is 9.37. The quantitative estimate of drug-likeness (QED) is 0.458. The topological polar surface area (TPSA) is 54.9 Å². The van der Waals surface area contributed by atoms with Crippen LogP contribution in [-0.2, 0) is 11.3 Å². The molecule has 0 atom stereocenters. The summed E-state index contributed by atoms with van der Waals surface area (Å²) in [4.78, 5) is 4.84. The van der Waals surface area contributed by atoms with Crippen LogP contribution in [0.1, 0.15) is 45.1 Å². The van der Waals surface area contributed by atoms with Crippen molar-refractivity contribution in [2.24, 2.45) is 10.9 Å². The van der Waals surface area contributed by atoms with E-state index in [2.05, 4.69) is 42.7 Å². The molecule has 1 aromatic carbocycles. The SMILES string of the molecule is CCNC(=NCc1ccccc1OCC1CC1)NCC1(SCC)CCOCC1. The van der Waals surface area contributed by atoms with Gasteiger partial charge >= 0.3 is 0 Å². The van der Waals surface area contributed by atoms with E-state index in [0.29, 0.717) is 6.54 Å². The Morgan fingerprint density at radius 2 is 2.00 bits per heavy atom. The van der Waals surface area contributed by atoms with Crippen LogP contribution in [0.4, 0.5) is 0 Å². The summed E-state index contributed by atoms with van der Waals surface area (Å²) in [5.41, 5.74) is 1.14. The summed E-state index contributed by atoms with van der Waals surface area (Å²) < 4.78 is 11.9. The van der Waals surface area contributed by atoms with Gasteiger partial charge in [-0.3, -0.25) is 0 Å². The molecule has 0 bridgehead atoms. The molecule has 2 N–H and O–H groups in total. The number of para-hydroxylation sites is 1. The van der Waals surface area contributed by atoms with Crippen LogP contribution in [0, 0.1) is 5.92 Å². The Bertz CT molecular complexity index is 622. The predicted octanol–water partition coefficient (Wildman–Crippen LogP) is 3.83. The number of nitrogens with zero attached hydrogens (tertiary/aromatic N) is 1. The van der Waals surface area contributed by atoms with Crippen molar-refractivity contribution in [1.82, 2.24) is 10.6 Å². The minimum absolute atomic E-state index is 0.245. The molecule has 2 fully saturated rings. The van der Waals surface area contributed by atoms with E-state index in [1.165, 1.54) is 12.8 Å². The van der Waals surface area contributed by atoms with Crippen LogP contribution >= 0.6 is 11.8 Å². The number of thioether (sulfide) groups is 1. The zero-order valence-electron chi connectivity index (χ0n) is 17.3. The first-order valence-corrected chi connectivity index (χ1v) is 11.7. The van der Waals surface area contributed by atoms with Crippen LogP contribution in [0.2, 0.25) is 0 Å². The molecule has 1 saturated carbocycles. The highest BCUT2D eigenvalue weighted by Gasteiger charge is 2.32. The highest BCUT2D eigenvalue weighted by molar-refractivity contribution is 8.00. The van der Waals surface area contributed by atoms with E-state index in [1.54, 1.807) is 0 Å². The fraction of sp³-hybridized carbons (Fsp3) is 0.682. The fourth-order valence-electron chi connectivity index (χ4n) is 3.44. The third-order valence-corrected chi connectivity index (χ3v) is 6.78. The van der Waals surface area contributed by atoms with Crippen molar-refractivity contribution in [3.63, 3.8) is 0 Å². The number of hydrogen-bond donors (Lipinski definition) is 2. The van der Waals surface area contributed by atoms with Gasteiger partial charge in [0.2, 0.25) is 0 Å². The molecule has 0 spiro atoms. The van der Waals surface area contributed by atoms with Crippen LogP contribution in [0.5, 0.6) is 5.75 Å². The molecule has 28 heavy (non-hydrogen) atoms. The summed E-state index contributed by atoms with van der Waals surface area (Å²) in [6.45, 7) is 9.27. The molecule has 2 aliphatic rings. The second-order valence-electron chi connectivity index (χ2n) is 7.64. The summed E-state index contributed by atoms with van der Waals surface area (Å²) in [7, 11) is 0. The van der Waals surface area contributed by atoms with Gasteiger partial charge in [0, 0.05) is 36.6 Å². The third-order valence-electron chi connectivity index (χ3n) is 5.33. The van der Waals surface area contributed by atoms with Gasteiger partial charge in [0.15, 0.2) is 5.96 Å². The third kappa shape index (κ3) is 6.59. The number of hydrogen-bond acceptors (Lipinski definition) is 4. The van der Waals surface area contributed by atoms with E-state index in [-0.39, 0.29) is 4.75 Å². The van der Waals surface area contributed by atoms with Gasteiger partial charge in [0.25, 0.3) is 0 Å². The Labute approximate surface area is 174 Å². The standard InChI is InChI=1S/C22H35N3O2S/c1-3-23-21(25-17-22(28-4-2)11-13-26-14-12-22)24-15-19-7-5-6-8-20(19)27-16-18-9-10-18/h5-8,18H,3-4,9-17H2,1-2H3,(H2,23,24,25). The first-order valence-electron chi connectivity index (χ1n) is 10.7. The van der Waals surface area contributed by atoms with Crippen molar-refractivity contribution < 1.29 is 9.47 Å². The van der Waals surface area contributed by atoms with Crippen molar-refractivity contribution >= 4 is 17.7 Å². The van der Waals surface area contributed by atoms with E-state index >= 15 is 0 Å². The van der Waals surface area contributed by atoms with Gasteiger partial charge in [-0.2, -0.15) is 11.8 Å². The van der Waals surface area contributed by atoms with Gasteiger partial charge in [-0.25, -0.2) is 4.99 Å². The lowest BCUT2D eigenvalue weighted by atomic mass is 9.99. The van der Waals surface area contributed by atoms with Crippen molar-refractivity contribution in [1.29, 1.82) is 0 Å². The number of aliphatic imine (C=N–C) groups is 1. The molecule has 0 unspecified atom stereocenters. The second kappa shape index (κ2) is 11.0. The van der Waals surface area contributed by atoms with Gasteiger partial charge in [0.05, 0.1) is 13.2 Å². The van der Waals surface area contributed by atoms with Crippen molar-refractivity contribution in [3.05, 3.63) is 29.8 Å². The molecular formula is C22H35N3O2S. The van der Waals surface area contributed by atoms with Crippen LogP contribution in [0.3, 0.4) is 0 Å². The highest BCUT2D eigenvalue weighted by Crippen LogP contribution is 2.34. The van der Waals surface area contributed by atoms with Crippen LogP contribution in [-0.4, -0.2) is 49.4 Å². The van der Waals surface area contributed by atoms with Gasteiger partial charge in [-0.05, 0) is 50.3 Å². The molecular weight excluding hydrogens is 370 g/mol. The van der Waals surface area contributed by atoms with E-state index < -0.39 is 0 Å². The van der Waals surface area contributed by atoms with Gasteiger partial charge < -0.3 is 20.1 Å². The van der Waals surface area contributed by atoms with E-state index in [9.17, 15) is 0 Å².